The first-order valence-corrected chi connectivity index (χ1v) is 10.6. The van der Waals surface area contributed by atoms with Crippen molar-refractivity contribution >= 4 is 21.6 Å². The Hall–Kier alpha value is -2.25. The summed E-state index contributed by atoms with van der Waals surface area (Å²) in [7, 11) is -3.44. The van der Waals surface area contributed by atoms with Gasteiger partial charge in [-0.3, -0.25) is 4.79 Å². The molecule has 2 heterocycles. The van der Waals surface area contributed by atoms with Crippen LogP contribution in [-0.2, 0) is 14.8 Å². The lowest BCUT2D eigenvalue weighted by Crippen LogP contribution is -2.47. The Morgan fingerprint density at radius 2 is 1.74 bits per heavy atom. The second kappa shape index (κ2) is 7.78. The summed E-state index contributed by atoms with van der Waals surface area (Å²) < 4.78 is 28.6. The van der Waals surface area contributed by atoms with E-state index in [9.17, 15) is 13.2 Å². The first-order chi connectivity index (χ1) is 12.8. The van der Waals surface area contributed by atoms with Gasteiger partial charge < -0.3 is 5.32 Å². The fourth-order valence-corrected chi connectivity index (χ4v) is 4.81. The third kappa shape index (κ3) is 4.04. The molecule has 7 heteroatoms. The van der Waals surface area contributed by atoms with Gasteiger partial charge in [-0.1, -0.05) is 0 Å². The minimum atomic E-state index is -3.44. The molecule has 1 fully saturated rings. The molecule has 1 aliphatic heterocycles. The van der Waals surface area contributed by atoms with E-state index in [1.54, 1.807) is 24.3 Å². The Kier molecular flexibility index (Phi) is 5.62. The predicted octanol–water partition coefficient (Wildman–Crippen LogP) is 2.58. The molecule has 1 saturated heterocycles. The number of sulfonamides is 1. The number of nitrogens with one attached hydrogen (secondary N) is 1. The maximum absolute atomic E-state index is 12.6. The van der Waals surface area contributed by atoms with Crippen LogP contribution in [0.5, 0.6) is 0 Å². The van der Waals surface area contributed by atoms with Crippen molar-refractivity contribution in [2.75, 3.05) is 18.4 Å². The summed E-state index contributed by atoms with van der Waals surface area (Å²) in [4.78, 5) is 12.9. The molecule has 0 bridgehead atoms. The van der Waals surface area contributed by atoms with Crippen molar-refractivity contribution in [1.82, 2.24) is 4.31 Å². The van der Waals surface area contributed by atoms with Crippen LogP contribution in [0.1, 0.15) is 37.1 Å². The number of pyridine rings is 1. The van der Waals surface area contributed by atoms with Gasteiger partial charge in [0.25, 0.3) is 5.91 Å². The lowest BCUT2D eigenvalue weighted by molar-refractivity contribution is -0.711. The maximum Gasteiger partial charge on any atom is 0.293 e. The topological polar surface area (TPSA) is 70.4 Å². The van der Waals surface area contributed by atoms with E-state index in [1.165, 1.54) is 4.31 Å². The van der Waals surface area contributed by atoms with Crippen molar-refractivity contribution in [3.63, 3.8) is 0 Å². The van der Waals surface area contributed by atoms with Crippen molar-refractivity contribution in [3.8, 4) is 0 Å². The highest BCUT2D eigenvalue weighted by Gasteiger charge is 2.28. The molecule has 0 aliphatic carbocycles. The van der Waals surface area contributed by atoms with Crippen LogP contribution in [0.15, 0.2) is 47.5 Å². The molecule has 2 aromatic rings. The zero-order chi connectivity index (χ0) is 19.6. The summed E-state index contributed by atoms with van der Waals surface area (Å²) in [6.45, 7) is 6.98. The van der Waals surface area contributed by atoms with Gasteiger partial charge in [0.05, 0.1) is 4.90 Å². The second-order valence-electron chi connectivity index (χ2n) is 6.98. The SMILES string of the molecule is Cc1ccc[n+]([C@@H](C)C(=O)Nc2ccc(S(=O)(=O)N3CCCC3)cc2)c1C. The van der Waals surface area contributed by atoms with Crippen LogP contribution >= 0.6 is 0 Å². The number of hydrogen-bond donors (Lipinski definition) is 1. The van der Waals surface area contributed by atoms with Gasteiger partial charge in [-0.2, -0.15) is 8.87 Å². The number of aryl methyl sites for hydroxylation is 1. The quantitative estimate of drug-likeness (QED) is 0.801. The van der Waals surface area contributed by atoms with E-state index in [0.29, 0.717) is 18.8 Å². The summed E-state index contributed by atoms with van der Waals surface area (Å²) >= 11 is 0. The smallest absolute Gasteiger partial charge is 0.293 e. The van der Waals surface area contributed by atoms with Crippen LogP contribution in [0.4, 0.5) is 5.69 Å². The number of hydrogen-bond acceptors (Lipinski definition) is 3. The van der Waals surface area contributed by atoms with E-state index in [0.717, 1.165) is 24.1 Å². The molecule has 0 unspecified atom stereocenters. The molecule has 144 valence electrons. The van der Waals surface area contributed by atoms with E-state index in [2.05, 4.69) is 5.32 Å². The van der Waals surface area contributed by atoms with E-state index in [-0.39, 0.29) is 16.8 Å². The number of anilines is 1. The lowest BCUT2D eigenvalue weighted by Gasteiger charge is -2.16. The highest BCUT2D eigenvalue weighted by molar-refractivity contribution is 7.89. The number of nitrogens with zero attached hydrogens (tertiary/aromatic N) is 2. The Morgan fingerprint density at radius 3 is 2.37 bits per heavy atom. The molecule has 1 aromatic heterocycles. The average Bonchev–Trinajstić information content (AvgIpc) is 3.19. The molecule has 6 nitrogen and oxygen atoms in total. The van der Waals surface area contributed by atoms with Gasteiger partial charge >= 0.3 is 0 Å². The van der Waals surface area contributed by atoms with Gasteiger partial charge in [-0.25, -0.2) is 8.42 Å². The largest absolute Gasteiger partial charge is 0.320 e. The standard InChI is InChI=1S/C20H25N3O3S/c1-15-7-6-14-23(16(15)2)17(3)20(24)21-18-8-10-19(11-9-18)27(25,26)22-12-4-5-13-22/h6-11,14,17H,4-5,12-13H2,1-3H3/p+1/t17-/m0/s1. The van der Waals surface area contributed by atoms with Crippen molar-refractivity contribution in [3.05, 3.63) is 53.9 Å². The van der Waals surface area contributed by atoms with Gasteiger partial charge in [0.1, 0.15) is 0 Å². The summed E-state index contributed by atoms with van der Waals surface area (Å²) in [6.07, 6.45) is 3.70. The number of amides is 1. The summed E-state index contributed by atoms with van der Waals surface area (Å²) in [6, 6.07) is 9.94. The molecule has 0 spiro atoms. The molecule has 0 radical (unpaired) electrons. The average molecular weight is 389 g/mol. The maximum atomic E-state index is 12.6. The van der Waals surface area contributed by atoms with E-state index < -0.39 is 10.0 Å². The van der Waals surface area contributed by atoms with Crippen molar-refractivity contribution in [1.29, 1.82) is 0 Å². The van der Waals surface area contributed by atoms with Crippen molar-refractivity contribution in [2.45, 2.75) is 44.6 Å². The molecule has 1 aromatic carbocycles. The number of carbonyl (C=O) groups excluding carboxylic acids is 1. The second-order valence-corrected chi connectivity index (χ2v) is 8.92. The van der Waals surface area contributed by atoms with Crippen LogP contribution in [0.25, 0.3) is 0 Å². The number of carbonyl (C=O) groups is 1. The number of aromatic nitrogens is 1. The van der Waals surface area contributed by atoms with Gasteiger partial charge in [-0.15, -0.1) is 0 Å². The normalized spacial score (nSPS) is 16.3. The Balaban J connectivity index is 1.72. The van der Waals surface area contributed by atoms with E-state index >= 15 is 0 Å². The van der Waals surface area contributed by atoms with Crippen LogP contribution < -0.4 is 9.88 Å². The third-order valence-electron chi connectivity index (χ3n) is 5.17. The van der Waals surface area contributed by atoms with Crippen molar-refractivity contribution < 1.29 is 17.8 Å². The molecule has 3 rings (SSSR count). The first kappa shape index (κ1) is 19.5. The van der Waals surface area contributed by atoms with Crippen LogP contribution in [0, 0.1) is 13.8 Å². The minimum absolute atomic E-state index is 0.149. The summed E-state index contributed by atoms with van der Waals surface area (Å²) in [5.41, 5.74) is 2.74. The zero-order valence-corrected chi connectivity index (χ0v) is 16.8. The molecule has 1 atom stereocenters. The van der Waals surface area contributed by atoms with Gasteiger partial charge in [0.2, 0.25) is 16.1 Å². The summed E-state index contributed by atoms with van der Waals surface area (Å²) in [5.74, 6) is -0.149. The predicted molar refractivity (Wildman–Crippen MR) is 104 cm³/mol. The van der Waals surface area contributed by atoms with Gasteiger partial charge in [-0.05, 0) is 50.1 Å². The van der Waals surface area contributed by atoms with Crippen LogP contribution in [-0.4, -0.2) is 31.7 Å². The highest BCUT2D eigenvalue weighted by Crippen LogP contribution is 2.22. The van der Waals surface area contributed by atoms with E-state index in [4.69, 9.17) is 0 Å². The number of benzene rings is 1. The van der Waals surface area contributed by atoms with Crippen LogP contribution in [0.2, 0.25) is 0 Å². The molecule has 1 amide bonds. The Labute approximate surface area is 160 Å². The lowest BCUT2D eigenvalue weighted by atomic mass is 10.2. The molecule has 27 heavy (non-hydrogen) atoms. The fraction of sp³-hybridized carbons (Fsp3) is 0.400. The molecule has 1 N–H and O–H groups in total. The summed E-state index contributed by atoms with van der Waals surface area (Å²) in [5, 5.41) is 2.87. The van der Waals surface area contributed by atoms with Crippen molar-refractivity contribution in [2.24, 2.45) is 0 Å². The molecular formula is C20H26N3O3S+. The molecule has 0 saturated carbocycles. The Morgan fingerprint density at radius 1 is 1.11 bits per heavy atom. The van der Waals surface area contributed by atoms with Gasteiger partial charge in [0.15, 0.2) is 11.9 Å². The highest BCUT2D eigenvalue weighted by atomic mass is 32.2. The first-order valence-electron chi connectivity index (χ1n) is 9.19. The molecule has 1 aliphatic rings. The fourth-order valence-electron chi connectivity index (χ4n) is 3.30. The van der Waals surface area contributed by atoms with E-state index in [1.807, 2.05) is 43.7 Å². The van der Waals surface area contributed by atoms with Gasteiger partial charge in [0, 0.05) is 44.3 Å². The monoisotopic (exact) mass is 388 g/mol. The van der Waals surface area contributed by atoms with Crippen LogP contribution in [0.3, 0.4) is 0 Å². The zero-order valence-electron chi connectivity index (χ0n) is 16.0. The minimum Gasteiger partial charge on any atom is -0.320 e. The number of rotatable bonds is 5. The molecular weight excluding hydrogens is 362 g/mol. The third-order valence-corrected chi connectivity index (χ3v) is 7.09. The Bertz CT molecular complexity index is 933.